The van der Waals surface area contributed by atoms with Crippen LogP contribution in [0.4, 0.5) is 10.3 Å². The van der Waals surface area contributed by atoms with E-state index in [-0.39, 0.29) is 5.82 Å². The number of para-hydroxylation sites is 1. The van der Waals surface area contributed by atoms with Crippen LogP contribution in [0.25, 0.3) is 11.0 Å². The number of nitrogens with zero attached hydrogens (tertiary/aromatic N) is 2. The fraction of sp³-hybridized carbons (Fsp3) is 0.133. The van der Waals surface area contributed by atoms with Crippen LogP contribution in [-0.4, -0.2) is 16.7 Å². The van der Waals surface area contributed by atoms with Gasteiger partial charge in [0.25, 0.3) is 0 Å². The second-order valence-corrected chi connectivity index (χ2v) is 4.51. The highest BCUT2D eigenvalue weighted by Gasteiger charge is 2.12. The van der Waals surface area contributed by atoms with Gasteiger partial charge in [0.1, 0.15) is 17.1 Å². The molecule has 0 aliphatic carbocycles. The molecular formula is C15H14FN3O. The number of anilines is 1. The molecule has 0 radical (unpaired) electrons. The van der Waals surface area contributed by atoms with E-state index >= 15 is 0 Å². The average molecular weight is 271 g/mol. The van der Waals surface area contributed by atoms with Gasteiger partial charge in [-0.3, -0.25) is 0 Å². The lowest BCUT2D eigenvalue weighted by molar-refractivity contribution is 0.419. The number of nitrogens with two attached hydrogens (primary N) is 1. The molecule has 3 aromatic rings. The summed E-state index contributed by atoms with van der Waals surface area (Å²) < 4.78 is 20.4. The van der Waals surface area contributed by atoms with Gasteiger partial charge in [-0.1, -0.05) is 18.2 Å². The Kier molecular flexibility index (Phi) is 3.02. The van der Waals surface area contributed by atoms with E-state index in [9.17, 15) is 4.39 Å². The van der Waals surface area contributed by atoms with Gasteiger partial charge in [-0.25, -0.2) is 9.37 Å². The van der Waals surface area contributed by atoms with Crippen molar-refractivity contribution in [3.63, 3.8) is 0 Å². The topological polar surface area (TPSA) is 53.1 Å². The molecule has 0 aliphatic heterocycles. The highest BCUT2D eigenvalue weighted by Crippen LogP contribution is 2.27. The van der Waals surface area contributed by atoms with Crippen molar-refractivity contribution >= 4 is 17.0 Å². The number of hydrogen-bond acceptors (Lipinski definition) is 3. The molecule has 3 rings (SSSR count). The first kappa shape index (κ1) is 12.5. The Hall–Kier alpha value is -2.56. The fourth-order valence-electron chi connectivity index (χ4n) is 2.29. The van der Waals surface area contributed by atoms with E-state index in [2.05, 4.69) is 4.98 Å². The average Bonchev–Trinajstić information content (AvgIpc) is 2.75. The molecule has 2 N–H and O–H groups in total. The van der Waals surface area contributed by atoms with E-state index in [1.54, 1.807) is 13.2 Å². The lowest BCUT2D eigenvalue weighted by Crippen LogP contribution is -2.04. The number of aromatic nitrogens is 2. The molecule has 1 heterocycles. The van der Waals surface area contributed by atoms with Crippen LogP contribution in [0.5, 0.6) is 5.75 Å². The SMILES string of the molecule is COc1cccc2c1nc(N)n2Cc1cccc(F)c1. The van der Waals surface area contributed by atoms with Crippen molar-refractivity contribution in [1.82, 2.24) is 9.55 Å². The minimum atomic E-state index is -0.261. The van der Waals surface area contributed by atoms with Crippen molar-refractivity contribution in [1.29, 1.82) is 0 Å². The number of imidazole rings is 1. The molecule has 2 aromatic carbocycles. The van der Waals surface area contributed by atoms with Crippen LogP contribution in [0.2, 0.25) is 0 Å². The predicted octanol–water partition coefficient (Wildman–Crippen LogP) is 2.81. The lowest BCUT2D eigenvalue weighted by Gasteiger charge is -2.07. The van der Waals surface area contributed by atoms with Crippen molar-refractivity contribution in [3.05, 3.63) is 53.8 Å². The lowest BCUT2D eigenvalue weighted by atomic mass is 10.2. The van der Waals surface area contributed by atoms with Gasteiger partial charge in [-0.15, -0.1) is 0 Å². The summed E-state index contributed by atoms with van der Waals surface area (Å²) in [6, 6.07) is 12.1. The number of hydrogen-bond donors (Lipinski definition) is 1. The molecule has 5 heteroatoms. The largest absolute Gasteiger partial charge is 0.494 e. The van der Waals surface area contributed by atoms with E-state index in [1.807, 2.05) is 28.8 Å². The summed E-state index contributed by atoms with van der Waals surface area (Å²) in [5, 5.41) is 0. The van der Waals surface area contributed by atoms with Gasteiger partial charge < -0.3 is 15.0 Å². The second-order valence-electron chi connectivity index (χ2n) is 4.51. The maximum Gasteiger partial charge on any atom is 0.201 e. The first-order chi connectivity index (χ1) is 9.69. The Morgan fingerprint density at radius 3 is 2.80 bits per heavy atom. The summed E-state index contributed by atoms with van der Waals surface area (Å²) in [5.74, 6) is 0.795. The summed E-state index contributed by atoms with van der Waals surface area (Å²) in [6.45, 7) is 0.466. The zero-order chi connectivity index (χ0) is 14.1. The number of benzene rings is 2. The number of rotatable bonds is 3. The minimum absolute atomic E-state index is 0.261. The third-order valence-corrected chi connectivity index (χ3v) is 3.22. The summed E-state index contributed by atoms with van der Waals surface area (Å²) in [6.07, 6.45) is 0. The maximum atomic E-state index is 13.3. The van der Waals surface area contributed by atoms with E-state index in [0.29, 0.717) is 23.8 Å². The summed E-state index contributed by atoms with van der Waals surface area (Å²) >= 11 is 0. The van der Waals surface area contributed by atoms with Crippen molar-refractivity contribution in [2.24, 2.45) is 0 Å². The zero-order valence-electron chi connectivity index (χ0n) is 11.0. The van der Waals surface area contributed by atoms with Crippen molar-refractivity contribution in [2.75, 3.05) is 12.8 Å². The molecule has 4 nitrogen and oxygen atoms in total. The third-order valence-electron chi connectivity index (χ3n) is 3.22. The van der Waals surface area contributed by atoms with E-state index in [4.69, 9.17) is 10.5 Å². The van der Waals surface area contributed by atoms with Crippen LogP contribution in [0.3, 0.4) is 0 Å². The fourth-order valence-corrected chi connectivity index (χ4v) is 2.29. The molecule has 0 saturated carbocycles. The van der Waals surface area contributed by atoms with Crippen LogP contribution in [0.1, 0.15) is 5.56 Å². The number of fused-ring (bicyclic) bond motifs is 1. The second kappa shape index (κ2) is 4.85. The molecule has 0 amide bonds. The molecule has 0 bridgehead atoms. The first-order valence-corrected chi connectivity index (χ1v) is 6.22. The first-order valence-electron chi connectivity index (χ1n) is 6.22. The molecular weight excluding hydrogens is 257 g/mol. The van der Waals surface area contributed by atoms with Gasteiger partial charge >= 0.3 is 0 Å². The Labute approximate surface area is 115 Å². The quantitative estimate of drug-likeness (QED) is 0.797. The van der Waals surface area contributed by atoms with E-state index in [0.717, 1.165) is 11.1 Å². The van der Waals surface area contributed by atoms with Crippen molar-refractivity contribution in [2.45, 2.75) is 6.54 Å². The normalized spacial score (nSPS) is 10.9. The van der Waals surface area contributed by atoms with Gasteiger partial charge in [-0.2, -0.15) is 0 Å². The highest BCUT2D eigenvalue weighted by atomic mass is 19.1. The van der Waals surface area contributed by atoms with Crippen LogP contribution < -0.4 is 10.5 Å². The molecule has 0 saturated heterocycles. The van der Waals surface area contributed by atoms with Gasteiger partial charge in [0, 0.05) is 0 Å². The molecule has 20 heavy (non-hydrogen) atoms. The summed E-state index contributed by atoms with van der Waals surface area (Å²) in [4.78, 5) is 4.32. The number of nitrogen functional groups attached to an aromatic ring is 1. The Morgan fingerprint density at radius 1 is 1.25 bits per heavy atom. The zero-order valence-corrected chi connectivity index (χ0v) is 11.0. The Morgan fingerprint density at radius 2 is 2.05 bits per heavy atom. The Balaban J connectivity index is 2.10. The Bertz CT molecular complexity index is 767. The predicted molar refractivity (Wildman–Crippen MR) is 76.2 cm³/mol. The van der Waals surface area contributed by atoms with Crippen LogP contribution in [-0.2, 0) is 6.54 Å². The van der Waals surface area contributed by atoms with Crippen molar-refractivity contribution in [3.8, 4) is 5.75 Å². The highest BCUT2D eigenvalue weighted by molar-refractivity contribution is 5.84. The van der Waals surface area contributed by atoms with Gasteiger partial charge in [-0.05, 0) is 29.8 Å². The smallest absolute Gasteiger partial charge is 0.201 e. The molecule has 0 fully saturated rings. The molecule has 1 aromatic heterocycles. The standard InChI is InChI=1S/C15H14FN3O/c1-20-13-7-3-6-12-14(13)18-15(17)19(12)9-10-4-2-5-11(16)8-10/h2-8H,9H2,1H3,(H2,17,18). The molecule has 102 valence electrons. The summed E-state index contributed by atoms with van der Waals surface area (Å²) in [5.41, 5.74) is 8.38. The number of methoxy groups -OCH3 is 1. The molecule has 0 atom stereocenters. The monoisotopic (exact) mass is 271 g/mol. The summed E-state index contributed by atoms with van der Waals surface area (Å²) in [7, 11) is 1.59. The van der Waals surface area contributed by atoms with E-state index < -0.39 is 0 Å². The molecule has 0 aliphatic rings. The van der Waals surface area contributed by atoms with Gasteiger partial charge in [0.05, 0.1) is 19.2 Å². The van der Waals surface area contributed by atoms with Crippen LogP contribution in [0.15, 0.2) is 42.5 Å². The van der Waals surface area contributed by atoms with Crippen LogP contribution in [0, 0.1) is 5.82 Å². The van der Waals surface area contributed by atoms with Crippen LogP contribution >= 0.6 is 0 Å². The minimum Gasteiger partial charge on any atom is -0.494 e. The molecule has 0 spiro atoms. The number of halogens is 1. The maximum absolute atomic E-state index is 13.3. The van der Waals surface area contributed by atoms with Crippen molar-refractivity contribution < 1.29 is 9.13 Å². The van der Waals surface area contributed by atoms with E-state index in [1.165, 1.54) is 12.1 Å². The molecule has 0 unspecified atom stereocenters. The number of ether oxygens (including phenoxy) is 1. The van der Waals surface area contributed by atoms with Gasteiger partial charge in [0.2, 0.25) is 5.95 Å². The third kappa shape index (κ3) is 2.07. The van der Waals surface area contributed by atoms with Gasteiger partial charge in [0.15, 0.2) is 0 Å².